The molecule has 5 nitrogen and oxygen atoms in total. The Bertz CT molecular complexity index is 591. The quantitative estimate of drug-likeness (QED) is 0.737. The fourth-order valence-electron chi connectivity index (χ4n) is 2.73. The number of benzene rings is 1. The van der Waals surface area contributed by atoms with Crippen molar-refractivity contribution in [3.05, 3.63) is 23.3 Å². The maximum absolute atomic E-state index is 12.5. The summed E-state index contributed by atoms with van der Waals surface area (Å²) in [7, 11) is -3.57. The number of aliphatic hydroxyl groups excluding tert-OH is 1. The molecule has 4 N–H and O–H groups in total. The molecule has 0 saturated heterocycles. The van der Waals surface area contributed by atoms with Crippen molar-refractivity contribution in [2.75, 3.05) is 5.73 Å². The van der Waals surface area contributed by atoms with E-state index in [4.69, 9.17) is 5.73 Å². The van der Waals surface area contributed by atoms with Gasteiger partial charge in [0.1, 0.15) is 0 Å². The first-order valence-electron chi connectivity index (χ1n) is 6.87. The van der Waals surface area contributed by atoms with Gasteiger partial charge in [0.25, 0.3) is 0 Å². The van der Waals surface area contributed by atoms with Crippen molar-refractivity contribution >= 4 is 15.7 Å². The molecule has 1 aliphatic rings. The van der Waals surface area contributed by atoms with Crippen molar-refractivity contribution in [1.82, 2.24) is 4.72 Å². The number of nitrogen functional groups attached to an aromatic ring is 1. The van der Waals surface area contributed by atoms with Crippen molar-refractivity contribution < 1.29 is 13.5 Å². The minimum absolute atomic E-state index is 0.108. The fraction of sp³-hybridized carbons (Fsp3) is 0.571. The first kappa shape index (κ1) is 15.3. The average molecular weight is 298 g/mol. The maximum atomic E-state index is 12.5. The number of sulfonamides is 1. The van der Waals surface area contributed by atoms with Crippen LogP contribution in [0.2, 0.25) is 0 Å². The highest BCUT2D eigenvalue weighted by molar-refractivity contribution is 7.89. The normalized spacial score (nSPS) is 23.8. The number of nitrogens with one attached hydrogen (secondary N) is 1. The van der Waals surface area contributed by atoms with Crippen LogP contribution in [0, 0.1) is 13.8 Å². The Morgan fingerprint density at radius 3 is 2.40 bits per heavy atom. The summed E-state index contributed by atoms with van der Waals surface area (Å²) < 4.78 is 27.8. The second-order valence-electron chi connectivity index (χ2n) is 5.55. The van der Waals surface area contributed by atoms with Gasteiger partial charge in [0.15, 0.2) is 0 Å². The summed E-state index contributed by atoms with van der Waals surface area (Å²) in [5.74, 6) is 0. The first-order valence-corrected chi connectivity index (χ1v) is 8.35. The largest absolute Gasteiger partial charge is 0.398 e. The molecule has 0 amide bonds. The van der Waals surface area contributed by atoms with E-state index in [9.17, 15) is 13.5 Å². The van der Waals surface area contributed by atoms with Crippen molar-refractivity contribution in [1.29, 1.82) is 0 Å². The molecule has 0 atom stereocenters. The Morgan fingerprint density at radius 1 is 1.20 bits per heavy atom. The van der Waals surface area contributed by atoms with Gasteiger partial charge in [-0.15, -0.1) is 0 Å². The molecule has 0 bridgehead atoms. The van der Waals surface area contributed by atoms with Crippen LogP contribution in [0.3, 0.4) is 0 Å². The average Bonchev–Trinajstić information content (AvgIpc) is 2.37. The van der Waals surface area contributed by atoms with E-state index in [0.29, 0.717) is 42.5 Å². The Hall–Kier alpha value is -1.11. The summed E-state index contributed by atoms with van der Waals surface area (Å²) in [5, 5.41) is 9.47. The summed E-state index contributed by atoms with van der Waals surface area (Å²) in [5.41, 5.74) is 7.58. The second-order valence-corrected chi connectivity index (χ2v) is 7.20. The van der Waals surface area contributed by atoms with Gasteiger partial charge in [-0.3, -0.25) is 0 Å². The van der Waals surface area contributed by atoms with Gasteiger partial charge in [0.2, 0.25) is 10.0 Å². The molecule has 0 heterocycles. The zero-order chi connectivity index (χ0) is 14.9. The lowest BCUT2D eigenvalue weighted by molar-refractivity contribution is 0.120. The molecule has 112 valence electrons. The minimum Gasteiger partial charge on any atom is -0.398 e. The van der Waals surface area contributed by atoms with Crippen molar-refractivity contribution in [3.8, 4) is 0 Å². The minimum atomic E-state index is -3.57. The lowest BCUT2D eigenvalue weighted by atomic mass is 9.94. The fourth-order valence-corrected chi connectivity index (χ4v) is 4.53. The Morgan fingerprint density at radius 2 is 1.80 bits per heavy atom. The summed E-state index contributed by atoms with van der Waals surface area (Å²) >= 11 is 0. The van der Waals surface area contributed by atoms with Gasteiger partial charge in [-0.1, -0.05) is 6.07 Å². The van der Waals surface area contributed by atoms with Gasteiger partial charge in [-0.2, -0.15) is 0 Å². The van der Waals surface area contributed by atoms with E-state index in [-0.39, 0.29) is 17.0 Å². The van der Waals surface area contributed by atoms with Crippen molar-refractivity contribution in [2.24, 2.45) is 0 Å². The summed E-state index contributed by atoms with van der Waals surface area (Å²) in [6.07, 6.45) is 2.32. The van der Waals surface area contributed by atoms with Gasteiger partial charge in [0, 0.05) is 11.7 Å². The molecule has 0 spiro atoms. The smallest absolute Gasteiger partial charge is 0.241 e. The van der Waals surface area contributed by atoms with Crippen molar-refractivity contribution in [2.45, 2.75) is 56.6 Å². The van der Waals surface area contributed by atoms with Crippen LogP contribution in [0.15, 0.2) is 17.0 Å². The van der Waals surface area contributed by atoms with E-state index in [2.05, 4.69) is 4.72 Å². The topological polar surface area (TPSA) is 92.4 Å². The molecule has 0 unspecified atom stereocenters. The van der Waals surface area contributed by atoms with E-state index in [1.165, 1.54) is 0 Å². The summed E-state index contributed by atoms with van der Waals surface area (Å²) in [6.45, 7) is 3.49. The number of aryl methyl sites for hydroxylation is 1. The molecule has 0 aliphatic heterocycles. The van der Waals surface area contributed by atoms with Crippen LogP contribution in [0.4, 0.5) is 5.69 Å². The molecule has 0 aromatic heterocycles. The summed E-state index contributed by atoms with van der Waals surface area (Å²) in [6, 6.07) is 3.34. The number of aliphatic hydroxyl groups is 1. The monoisotopic (exact) mass is 298 g/mol. The molecule has 1 aliphatic carbocycles. The second kappa shape index (κ2) is 5.71. The zero-order valence-corrected chi connectivity index (χ0v) is 12.7. The molecule has 20 heavy (non-hydrogen) atoms. The predicted octanol–water partition coefficient (Wildman–Crippen LogP) is 1.47. The van der Waals surface area contributed by atoms with E-state index < -0.39 is 10.0 Å². The molecular formula is C14H22N2O3S. The highest BCUT2D eigenvalue weighted by atomic mass is 32.2. The third-order valence-electron chi connectivity index (χ3n) is 3.93. The van der Waals surface area contributed by atoms with Gasteiger partial charge in [0.05, 0.1) is 11.0 Å². The maximum Gasteiger partial charge on any atom is 0.241 e. The van der Waals surface area contributed by atoms with Gasteiger partial charge in [-0.05, 0) is 56.7 Å². The van der Waals surface area contributed by atoms with Gasteiger partial charge < -0.3 is 10.8 Å². The highest BCUT2D eigenvalue weighted by Crippen LogP contribution is 2.26. The predicted molar refractivity (Wildman–Crippen MR) is 78.9 cm³/mol. The Labute approximate surface area is 120 Å². The first-order chi connectivity index (χ1) is 9.31. The van der Waals surface area contributed by atoms with Crippen LogP contribution in [0.5, 0.6) is 0 Å². The highest BCUT2D eigenvalue weighted by Gasteiger charge is 2.27. The number of rotatable bonds is 3. The van der Waals surface area contributed by atoms with E-state index in [1.807, 2.05) is 0 Å². The molecule has 1 saturated carbocycles. The van der Waals surface area contributed by atoms with Crippen LogP contribution >= 0.6 is 0 Å². The third kappa shape index (κ3) is 3.13. The standard InChI is InChI=1S/C14H22N2O3S/c1-9-3-8-13(15)10(2)14(9)20(18,19)16-11-4-6-12(17)7-5-11/h3,8,11-12,16-17H,4-7,15H2,1-2H3. The number of anilines is 1. The third-order valence-corrected chi connectivity index (χ3v) is 5.74. The summed E-state index contributed by atoms with van der Waals surface area (Å²) in [4.78, 5) is 0.281. The number of hydrogen-bond donors (Lipinski definition) is 3. The molecule has 2 rings (SSSR count). The van der Waals surface area contributed by atoms with E-state index in [1.54, 1.807) is 26.0 Å². The Balaban J connectivity index is 2.25. The molecular weight excluding hydrogens is 276 g/mol. The van der Waals surface area contributed by atoms with Crippen LogP contribution in [-0.4, -0.2) is 25.7 Å². The van der Waals surface area contributed by atoms with Crippen LogP contribution < -0.4 is 10.5 Å². The van der Waals surface area contributed by atoms with Gasteiger partial charge >= 0.3 is 0 Å². The SMILES string of the molecule is Cc1ccc(N)c(C)c1S(=O)(=O)NC1CCC(O)CC1. The number of hydrogen-bond acceptors (Lipinski definition) is 4. The van der Waals surface area contributed by atoms with Gasteiger partial charge in [-0.25, -0.2) is 13.1 Å². The lowest BCUT2D eigenvalue weighted by Gasteiger charge is -2.26. The van der Waals surface area contributed by atoms with E-state index >= 15 is 0 Å². The molecule has 6 heteroatoms. The molecule has 0 radical (unpaired) electrons. The molecule has 1 fully saturated rings. The Kier molecular flexibility index (Phi) is 4.36. The lowest BCUT2D eigenvalue weighted by Crippen LogP contribution is -2.39. The van der Waals surface area contributed by atoms with Crippen molar-refractivity contribution in [3.63, 3.8) is 0 Å². The van der Waals surface area contributed by atoms with Crippen LogP contribution in [-0.2, 0) is 10.0 Å². The zero-order valence-electron chi connectivity index (χ0n) is 11.9. The molecule has 1 aromatic rings. The molecule has 1 aromatic carbocycles. The van der Waals surface area contributed by atoms with Crippen LogP contribution in [0.25, 0.3) is 0 Å². The number of nitrogens with two attached hydrogens (primary N) is 1. The van der Waals surface area contributed by atoms with Crippen LogP contribution in [0.1, 0.15) is 36.8 Å². The van der Waals surface area contributed by atoms with E-state index in [0.717, 1.165) is 0 Å².